The van der Waals surface area contributed by atoms with Crippen LogP contribution in [0.5, 0.6) is 0 Å². The molecule has 0 radical (unpaired) electrons. The van der Waals surface area contributed by atoms with Crippen molar-refractivity contribution in [1.29, 1.82) is 0 Å². The Balaban J connectivity index is 1.44. The van der Waals surface area contributed by atoms with Crippen LogP contribution in [-0.2, 0) is 4.79 Å². The van der Waals surface area contributed by atoms with E-state index in [0.29, 0.717) is 35.5 Å². The fourth-order valence-electron chi connectivity index (χ4n) is 3.81. The maximum atomic E-state index is 12.5. The number of aryl methyl sites for hydroxylation is 2. The van der Waals surface area contributed by atoms with E-state index >= 15 is 0 Å². The summed E-state index contributed by atoms with van der Waals surface area (Å²) in [5.74, 6) is 1.27. The molecule has 0 unspecified atom stereocenters. The standard InChI is InChI=1S/C22H18ClN3O3/c1-12-6-7-18-17(8-12)13(2)20(28-18)21-24-22(29-25-21)14-9-19(27)26(11-14)16-5-3-4-15(23)10-16/h3-8,10,14H,9,11H2,1-2H3/t14-/m0/s1. The molecule has 29 heavy (non-hydrogen) atoms. The van der Waals surface area contributed by atoms with Crippen LogP contribution in [0.15, 0.2) is 51.4 Å². The molecular weight excluding hydrogens is 390 g/mol. The summed E-state index contributed by atoms with van der Waals surface area (Å²) in [6.45, 7) is 4.50. The van der Waals surface area contributed by atoms with E-state index in [4.69, 9.17) is 20.5 Å². The van der Waals surface area contributed by atoms with Crippen LogP contribution < -0.4 is 4.90 Å². The second kappa shape index (κ2) is 6.74. The number of rotatable bonds is 3. The first-order valence-electron chi connectivity index (χ1n) is 9.39. The van der Waals surface area contributed by atoms with E-state index in [9.17, 15) is 4.79 Å². The van der Waals surface area contributed by atoms with Gasteiger partial charge in [0, 0.05) is 34.6 Å². The normalized spacial score (nSPS) is 16.9. The van der Waals surface area contributed by atoms with Crippen molar-refractivity contribution >= 4 is 34.2 Å². The zero-order valence-electron chi connectivity index (χ0n) is 16.0. The molecular formula is C22H18ClN3O3. The van der Waals surface area contributed by atoms with Crippen LogP contribution in [0.3, 0.4) is 0 Å². The second-order valence-electron chi connectivity index (χ2n) is 7.40. The first-order valence-corrected chi connectivity index (χ1v) is 9.77. The molecule has 0 N–H and O–H groups in total. The van der Waals surface area contributed by atoms with Crippen LogP contribution >= 0.6 is 11.6 Å². The number of carbonyl (C=O) groups excluding carboxylic acids is 1. The molecule has 1 saturated heterocycles. The van der Waals surface area contributed by atoms with Crippen molar-refractivity contribution in [2.45, 2.75) is 26.2 Å². The molecule has 1 amide bonds. The SMILES string of the molecule is Cc1ccc2oc(-c3noc([C@H]4CC(=O)N(c5cccc(Cl)c5)C4)n3)c(C)c2c1. The Bertz CT molecular complexity index is 1240. The number of amides is 1. The van der Waals surface area contributed by atoms with E-state index in [1.165, 1.54) is 0 Å². The van der Waals surface area contributed by atoms with Gasteiger partial charge in [0.05, 0.1) is 5.92 Å². The van der Waals surface area contributed by atoms with Gasteiger partial charge in [-0.15, -0.1) is 0 Å². The number of anilines is 1. The molecule has 1 aliphatic rings. The minimum atomic E-state index is -0.172. The van der Waals surface area contributed by atoms with Crippen molar-refractivity contribution < 1.29 is 13.7 Å². The first kappa shape index (κ1) is 17.9. The predicted molar refractivity (Wildman–Crippen MR) is 110 cm³/mol. The summed E-state index contributed by atoms with van der Waals surface area (Å²) in [4.78, 5) is 18.8. The second-order valence-corrected chi connectivity index (χ2v) is 7.83. The monoisotopic (exact) mass is 407 g/mol. The molecule has 146 valence electrons. The third-order valence-corrected chi connectivity index (χ3v) is 5.57. The van der Waals surface area contributed by atoms with Crippen LogP contribution in [0.1, 0.15) is 29.4 Å². The Morgan fingerprint density at radius 1 is 1.17 bits per heavy atom. The van der Waals surface area contributed by atoms with Crippen molar-refractivity contribution in [2.75, 3.05) is 11.4 Å². The lowest BCUT2D eigenvalue weighted by Gasteiger charge is -2.16. The molecule has 0 spiro atoms. The fourth-order valence-corrected chi connectivity index (χ4v) is 3.99. The Hall–Kier alpha value is -3.12. The number of furan rings is 1. The van der Waals surface area contributed by atoms with Crippen LogP contribution in [0, 0.1) is 13.8 Å². The number of hydrogen-bond donors (Lipinski definition) is 0. The van der Waals surface area contributed by atoms with Crippen LogP contribution in [0.2, 0.25) is 5.02 Å². The summed E-state index contributed by atoms with van der Waals surface area (Å²) in [7, 11) is 0. The quantitative estimate of drug-likeness (QED) is 0.462. The van der Waals surface area contributed by atoms with Gasteiger partial charge in [-0.1, -0.05) is 34.5 Å². The van der Waals surface area contributed by atoms with Gasteiger partial charge in [-0.25, -0.2) is 0 Å². The third-order valence-electron chi connectivity index (χ3n) is 5.33. The molecule has 2 aromatic heterocycles. The molecule has 1 fully saturated rings. The maximum absolute atomic E-state index is 12.5. The maximum Gasteiger partial charge on any atom is 0.238 e. The number of aromatic nitrogens is 2. The summed E-state index contributed by atoms with van der Waals surface area (Å²) in [5, 5.41) is 5.74. The van der Waals surface area contributed by atoms with E-state index in [0.717, 1.165) is 27.8 Å². The minimum absolute atomic E-state index is 0.00686. The third kappa shape index (κ3) is 3.09. The Labute approximate surface area is 172 Å². The molecule has 3 heterocycles. The molecule has 2 aromatic carbocycles. The first-order chi connectivity index (χ1) is 14.0. The van der Waals surface area contributed by atoms with Crippen molar-refractivity contribution in [3.63, 3.8) is 0 Å². The lowest BCUT2D eigenvalue weighted by Crippen LogP contribution is -2.24. The lowest BCUT2D eigenvalue weighted by atomic mass is 10.1. The molecule has 7 heteroatoms. The number of nitrogens with zero attached hydrogens (tertiary/aromatic N) is 3. The molecule has 0 bridgehead atoms. The van der Waals surface area contributed by atoms with E-state index in [1.54, 1.807) is 17.0 Å². The summed E-state index contributed by atoms with van der Waals surface area (Å²) in [6, 6.07) is 13.3. The van der Waals surface area contributed by atoms with E-state index in [1.807, 2.05) is 38.1 Å². The highest BCUT2D eigenvalue weighted by molar-refractivity contribution is 6.30. The molecule has 6 nitrogen and oxygen atoms in total. The number of benzene rings is 2. The topological polar surface area (TPSA) is 72.4 Å². The van der Waals surface area contributed by atoms with Gasteiger partial charge in [-0.2, -0.15) is 4.98 Å². The molecule has 0 saturated carbocycles. The summed E-state index contributed by atoms with van der Waals surface area (Å²) in [5.41, 5.74) is 3.69. The van der Waals surface area contributed by atoms with E-state index in [-0.39, 0.29) is 11.8 Å². The smallest absolute Gasteiger partial charge is 0.238 e. The lowest BCUT2D eigenvalue weighted by molar-refractivity contribution is -0.117. The van der Waals surface area contributed by atoms with Gasteiger partial charge < -0.3 is 13.8 Å². The highest BCUT2D eigenvalue weighted by Gasteiger charge is 2.35. The zero-order chi connectivity index (χ0) is 20.1. The highest BCUT2D eigenvalue weighted by atomic mass is 35.5. The Morgan fingerprint density at radius 2 is 2.03 bits per heavy atom. The summed E-state index contributed by atoms with van der Waals surface area (Å²) in [6.07, 6.45) is 0.312. The highest BCUT2D eigenvalue weighted by Crippen LogP contribution is 2.35. The number of hydrogen-bond acceptors (Lipinski definition) is 5. The van der Waals surface area contributed by atoms with Gasteiger partial charge in [0.1, 0.15) is 5.58 Å². The summed E-state index contributed by atoms with van der Waals surface area (Å²) >= 11 is 6.06. The van der Waals surface area contributed by atoms with Crippen molar-refractivity contribution in [2.24, 2.45) is 0 Å². The predicted octanol–water partition coefficient (Wildman–Crippen LogP) is 5.27. The number of carbonyl (C=O) groups is 1. The molecule has 5 rings (SSSR count). The van der Waals surface area contributed by atoms with Crippen LogP contribution in [-0.4, -0.2) is 22.6 Å². The average Bonchev–Trinajstić information content (AvgIpc) is 3.40. The molecule has 4 aromatic rings. The summed E-state index contributed by atoms with van der Waals surface area (Å²) < 4.78 is 11.5. The van der Waals surface area contributed by atoms with Gasteiger partial charge in [0.25, 0.3) is 0 Å². The fraction of sp³-hybridized carbons (Fsp3) is 0.227. The van der Waals surface area contributed by atoms with Crippen molar-refractivity contribution in [3.8, 4) is 11.6 Å². The Kier molecular flexibility index (Phi) is 4.17. The average molecular weight is 408 g/mol. The van der Waals surface area contributed by atoms with E-state index in [2.05, 4.69) is 16.2 Å². The van der Waals surface area contributed by atoms with Gasteiger partial charge in [0.15, 0.2) is 5.76 Å². The van der Waals surface area contributed by atoms with E-state index < -0.39 is 0 Å². The van der Waals surface area contributed by atoms with Crippen LogP contribution in [0.4, 0.5) is 5.69 Å². The number of halogens is 1. The number of fused-ring (bicyclic) bond motifs is 1. The van der Waals surface area contributed by atoms with Crippen molar-refractivity contribution in [1.82, 2.24) is 10.1 Å². The van der Waals surface area contributed by atoms with Gasteiger partial charge in [0.2, 0.25) is 17.6 Å². The zero-order valence-corrected chi connectivity index (χ0v) is 16.7. The molecule has 0 aliphatic carbocycles. The van der Waals surface area contributed by atoms with Crippen molar-refractivity contribution in [3.05, 3.63) is 64.5 Å². The molecule has 1 aliphatic heterocycles. The minimum Gasteiger partial charge on any atom is -0.452 e. The van der Waals surface area contributed by atoms with Gasteiger partial charge >= 0.3 is 0 Å². The van der Waals surface area contributed by atoms with Crippen LogP contribution in [0.25, 0.3) is 22.6 Å². The van der Waals surface area contributed by atoms with Gasteiger partial charge in [-0.05, 0) is 44.2 Å². The Morgan fingerprint density at radius 3 is 2.86 bits per heavy atom. The largest absolute Gasteiger partial charge is 0.452 e. The van der Waals surface area contributed by atoms with Gasteiger partial charge in [-0.3, -0.25) is 4.79 Å². The molecule has 1 atom stereocenters.